The van der Waals surface area contributed by atoms with Crippen LogP contribution in [0.25, 0.3) is 0 Å². The second-order valence-corrected chi connectivity index (χ2v) is 9.17. The highest BCUT2D eigenvalue weighted by atomic mass is 16.2. The Bertz CT molecular complexity index is 677. The summed E-state index contributed by atoms with van der Waals surface area (Å²) in [5, 5.41) is 6.65. The predicted molar refractivity (Wildman–Crippen MR) is 116 cm³/mol. The van der Waals surface area contributed by atoms with Gasteiger partial charge in [0.2, 0.25) is 5.91 Å². The average Bonchev–Trinajstić information content (AvgIpc) is 2.98. The molecule has 1 spiro atoms. The van der Waals surface area contributed by atoms with E-state index in [1.54, 1.807) is 0 Å². The van der Waals surface area contributed by atoms with Gasteiger partial charge in [-0.3, -0.25) is 24.7 Å². The molecule has 3 fully saturated rings. The van der Waals surface area contributed by atoms with Crippen molar-refractivity contribution >= 4 is 23.8 Å². The normalized spacial score (nSPS) is 23.6. The number of carbonyl (C=O) groups excluding carboxylic acids is 4. The van der Waals surface area contributed by atoms with Crippen molar-refractivity contribution in [2.75, 3.05) is 26.2 Å². The van der Waals surface area contributed by atoms with Gasteiger partial charge in [0.15, 0.2) is 0 Å². The van der Waals surface area contributed by atoms with E-state index >= 15 is 0 Å². The molecule has 0 aromatic carbocycles. The first-order valence-electron chi connectivity index (χ1n) is 11.9. The van der Waals surface area contributed by atoms with E-state index in [1.807, 2.05) is 4.90 Å². The van der Waals surface area contributed by atoms with Gasteiger partial charge in [-0.05, 0) is 38.6 Å². The molecule has 9 heteroatoms. The summed E-state index contributed by atoms with van der Waals surface area (Å²) in [5.74, 6) is -0.841. The lowest BCUT2D eigenvalue weighted by Gasteiger charge is -2.32. The minimum Gasteiger partial charge on any atom is -0.356 e. The van der Waals surface area contributed by atoms with Crippen LogP contribution in [-0.2, 0) is 14.4 Å². The van der Waals surface area contributed by atoms with Gasteiger partial charge in [-0.2, -0.15) is 5.01 Å². The van der Waals surface area contributed by atoms with Crippen LogP contribution in [0.5, 0.6) is 0 Å². The van der Waals surface area contributed by atoms with Crippen LogP contribution in [-0.4, -0.2) is 65.4 Å². The molecule has 5 amide bonds. The Morgan fingerprint density at radius 3 is 2.61 bits per heavy atom. The van der Waals surface area contributed by atoms with Gasteiger partial charge in [0.1, 0.15) is 5.54 Å². The third-order valence-electron chi connectivity index (χ3n) is 6.68. The van der Waals surface area contributed by atoms with E-state index < -0.39 is 17.5 Å². The van der Waals surface area contributed by atoms with Crippen molar-refractivity contribution in [1.29, 1.82) is 0 Å². The van der Waals surface area contributed by atoms with Gasteiger partial charge in [0.25, 0.3) is 11.8 Å². The number of hydrazine groups is 1. The zero-order valence-corrected chi connectivity index (χ0v) is 18.7. The van der Waals surface area contributed by atoms with Crippen LogP contribution in [0.2, 0.25) is 0 Å². The summed E-state index contributed by atoms with van der Waals surface area (Å²) in [6, 6.07) is -0.556. The van der Waals surface area contributed by atoms with E-state index in [1.165, 1.54) is 12.8 Å². The number of urea groups is 1. The van der Waals surface area contributed by atoms with Crippen LogP contribution in [0.4, 0.5) is 4.79 Å². The van der Waals surface area contributed by atoms with Crippen LogP contribution in [0.3, 0.4) is 0 Å². The fourth-order valence-corrected chi connectivity index (χ4v) is 4.90. The fourth-order valence-electron chi connectivity index (χ4n) is 4.90. The summed E-state index contributed by atoms with van der Waals surface area (Å²) in [6.07, 6.45) is 10.2. The summed E-state index contributed by atoms with van der Waals surface area (Å²) in [5.41, 5.74) is 1.63. The van der Waals surface area contributed by atoms with E-state index in [4.69, 9.17) is 0 Å². The van der Waals surface area contributed by atoms with Crippen molar-refractivity contribution in [3.8, 4) is 0 Å². The summed E-state index contributed by atoms with van der Waals surface area (Å²) in [4.78, 5) is 52.0. The highest BCUT2D eigenvalue weighted by Crippen LogP contribution is 2.33. The van der Waals surface area contributed by atoms with E-state index in [-0.39, 0.29) is 24.3 Å². The van der Waals surface area contributed by atoms with Crippen LogP contribution >= 0.6 is 0 Å². The topological polar surface area (TPSA) is 111 Å². The lowest BCUT2D eigenvalue weighted by molar-refractivity contribution is -0.140. The lowest BCUT2D eigenvalue weighted by Crippen LogP contribution is -2.53. The van der Waals surface area contributed by atoms with Crippen molar-refractivity contribution in [2.24, 2.45) is 5.92 Å². The van der Waals surface area contributed by atoms with Crippen LogP contribution in [0, 0.1) is 5.92 Å². The molecular formula is C22H37N5O4. The molecule has 1 unspecified atom stereocenters. The molecule has 2 aliphatic heterocycles. The van der Waals surface area contributed by atoms with Gasteiger partial charge in [-0.15, -0.1) is 0 Å². The third kappa shape index (κ3) is 5.96. The Hall–Kier alpha value is -2.16. The number of rotatable bonds is 9. The second kappa shape index (κ2) is 10.9. The van der Waals surface area contributed by atoms with E-state index in [9.17, 15) is 19.2 Å². The minimum absolute atomic E-state index is 0.0509. The molecule has 2 saturated heterocycles. The second-order valence-electron chi connectivity index (χ2n) is 9.17. The number of likely N-dealkylation sites (tertiary alicyclic amines) is 1. The molecule has 3 aliphatic rings. The third-order valence-corrected chi connectivity index (χ3v) is 6.68. The number of nitrogens with zero attached hydrogens (tertiary/aromatic N) is 2. The summed E-state index contributed by atoms with van der Waals surface area (Å²) in [7, 11) is 0. The summed E-state index contributed by atoms with van der Waals surface area (Å²) >= 11 is 0. The van der Waals surface area contributed by atoms with Crippen molar-refractivity contribution in [1.82, 2.24) is 26.0 Å². The number of imide groups is 1. The Morgan fingerprint density at radius 1 is 1.10 bits per heavy atom. The van der Waals surface area contributed by atoms with Gasteiger partial charge in [0.05, 0.1) is 12.5 Å². The van der Waals surface area contributed by atoms with Crippen LogP contribution < -0.4 is 16.1 Å². The first-order chi connectivity index (χ1) is 14.9. The molecule has 3 N–H and O–H groups in total. The number of unbranched alkanes of at least 4 members (excludes halogenated alkanes) is 3. The molecule has 31 heavy (non-hydrogen) atoms. The van der Waals surface area contributed by atoms with E-state index in [0.717, 1.165) is 56.5 Å². The predicted octanol–water partition coefficient (Wildman–Crippen LogP) is 1.68. The number of hydrogen-bond donors (Lipinski definition) is 3. The molecule has 1 saturated carbocycles. The number of amides is 5. The quantitative estimate of drug-likeness (QED) is 0.377. The average molecular weight is 436 g/mol. The zero-order valence-electron chi connectivity index (χ0n) is 18.7. The molecule has 174 valence electrons. The molecule has 0 bridgehead atoms. The SMILES string of the molecule is CCCCCCNC(=O)C1CCCN(CC(=O)NN2C(=O)NC3(CCCCC3)C2=O)C1. The smallest absolute Gasteiger partial charge is 0.344 e. The first kappa shape index (κ1) is 23.5. The largest absolute Gasteiger partial charge is 0.356 e. The zero-order chi connectivity index (χ0) is 22.3. The van der Waals surface area contributed by atoms with Crippen molar-refractivity contribution < 1.29 is 19.2 Å². The Balaban J connectivity index is 1.44. The highest BCUT2D eigenvalue weighted by molar-refractivity contribution is 6.08. The molecule has 0 aromatic rings. The van der Waals surface area contributed by atoms with Gasteiger partial charge in [-0.25, -0.2) is 4.79 Å². The Labute approximate surface area is 184 Å². The Morgan fingerprint density at radius 2 is 1.87 bits per heavy atom. The Kier molecular flexibility index (Phi) is 8.28. The van der Waals surface area contributed by atoms with Crippen molar-refractivity contribution in [2.45, 2.75) is 83.1 Å². The molecule has 0 aromatic heterocycles. The maximum Gasteiger partial charge on any atom is 0.344 e. The van der Waals surface area contributed by atoms with E-state index in [2.05, 4.69) is 23.0 Å². The summed E-state index contributed by atoms with van der Waals surface area (Å²) < 4.78 is 0. The van der Waals surface area contributed by atoms with E-state index in [0.29, 0.717) is 25.9 Å². The van der Waals surface area contributed by atoms with Crippen LogP contribution in [0.15, 0.2) is 0 Å². The molecule has 9 nitrogen and oxygen atoms in total. The minimum atomic E-state index is -0.853. The molecule has 2 heterocycles. The maximum atomic E-state index is 12.8. The number of carbonyl (C=O) groups is 4. The number of piperidine rings is 1. The standard InChI is InChI=1S/C22H37N5O4/c1-2-3-4-8-13-23-19(29)17-10-9-14-26(15-17)16-18(28)25-27-20(30)22(24-21(27)31)11-6-5-7-12-22/h17H,2-16H2,1H3,(H,23,29)(H,24,31)(H,25,28). The number of nitrogens with one attached hydrogen (secondary N) is 3. The van der Waals surface area contributed by atoms with Crippen molar-refractivity contribution in [3.05, 3.63) is 0 Å². The van der Waals surface area contributed by atoms with Crippen LogP contribution in [0.1, 0.15) is 77.6 Å². The lowest BCUT2D eigenvalue weighted by atomic mass is 9.82. The maximum absolute atomic E-state index is 12.8. The molecule has 0 radical (unpaired) electrons. The van der Waals surface area contributed by atoms with Gasteiger partial charge in [0, 0.05) is 13.1 Å². The fraction of sp³-hybridized carbons (Fsp3) is 0.818. The van der Waals surface area contributed by atoms with Crippen molar-refractivity contribution in [3.63, 3.8) is 0 Å². The van der Waals surface area contributed by atoms with Gasteiger partial charge in [-0.1, -0.05) is 45.4 Å². The molecular weight excluding hydrogens is 398 g/mol. The molecule has 1 aliphatic carbocycles. The molecule has 1 atom stereocenters. The van der Waals surface area contributed by atoms with Gasteiger partial charge < -0.3 is 10.6 Å². The first-order valence-corrected chi connectivity index (χ1v) is 11.9. The summed E-state index contributed by atoms with van der Waals surface area (Å²) in [6.45, 7) is 4.15. The van der Waals surface area contributed by atoms with Gasteiger partial charge >= 0.3 is 6.03 Å². The monoisotopic (exact) mass is 435 g/mol. The number of hydrogen-bond acceptors (Lipinski definition) is 5. The highest BCUT2D eigenvalue weighted by Gasteiger charge is 2.52. The molecule has 3 rings (SSSR count).